The van der Waals surface area contributed by atoms with Crippen LogP contribution in [-0.2, 0) is 11.8 Å². The second-order valence-corrected chi connectivity index (χ2v) is 8.04. The lowest BCUT2D eigenvalue weighted by molar-refractivity contribution is -0.116. The van der Waals surface area contributed by atoms with Gasteiger partial charge in [0, 0.05) is 35.2 Å². The second kappa shape index (κ2) is 7.84. The van der Waals surface area contributed by atoms with E-state index in [-0.39, 0.29) is 17.9 Å². The number of hydrogen-bond donors (Lipinski definition) is 1. The van der Waals surface area contributed by atoms with Crippen molar-refractivity contribution in [3.63, 3.8) is 0 Å². The number of anilines is 1. The number of benzene rings is 1. The van der Waals surface area contributed by atoms with Gasteiger partial charge in [-0.05, 0) is 24.6 Å². The first kappa shape index (κ1) is 19.0. The maximum atomic E-state index is 12.8. The first-order valence-corrected chi connectivity index (χ1v) is 10.1. The molecular formula is C18H20BrN3O3S. The Kier molecular flexibility index (Phi) is 5.72. The number of nitrogens with zero attached hydrogens (tertiary/aromatic N) is 2. The molecular weight excluding hydrogens is 418 g/mol. The van der Waals surface area contributed by atoms with Crippen molar-refractivity contribution in [3.8, 4) is 5.75 Å². The van der Waals surface area contributed by atoms with Crippen LogP contribution in [0.25, 0.3) is 0 Å². The molecule has 2 aromatic rings. The average Bonchev–Trinajstić information content (AvgIpc) is 2.62. The maximum Gasteiger partial charge on any atom is 0.279 e. The van der Waals surface area contributed by atoms with Crippen LogP contribution in [0.5, 0.6) is 5.75 Å². The van der Waals surface area contributed by atoms with Crippen molar-refractivity contribution in [2.75, 3.05) is 18.2 Å². The Labute approximate surface area is 164 Å². The SMILES string of the molecule is CCCSc1nc(=O)c2c(n1C)NC(=O)CC2c1cc(Br)ccc1OC. The highest BCUT2D eigenvalue weighted by atomic mass is 79.9. The highest BCUT2D eigenvalue weighted by Gasteiger charge is 2.33. The summed E-state index contributed by atoms with van der Waals surface area (Å²) in [5, 5.41) is 3.46. The summed E-state index contributed by atoms with van der Waals surface area (Å²) in [6.07, 6.45) is 1.15. The van der Waals surface area contributed by atoms with Crippen LogP contribution in [0.2, 0.25) is 0 Å². The lowest BCUT2D eigenvalue weighted by atomic mass is 9.86. The van der Waals surface area contributed by atoms with Gasteiger partial charge in [-0.25, -0.2) is 0 Å². The normalized spacial score (nSPS) is 16.2. The van der Waals surface area contributed by atoms with E-state index in [0.29, 0.717) is 22.3 Å². The number of halogens is 1. The summed E-state index contributed by atoms with van der Waals surface area (Å²) in [5.74, 6) is 1.49. The fourth-order valence-corrected chi connectivity index (χ4v) is 4.30. The molecule has 8 heteroatoms. The number of hydrogen-bond acceptors (Lipinski definition) is 5. The summed E-state index contributed by atoms with van der Waals surface area (Å²) in [6.45, 7) is 2.07. The largest absolute Gasteiger partial charge is 0.496 e. The third-order valence-corrected chi connectivity index (χ3v) is 6.03. The number of ether oxygens (including phenoxy) is 1. The predicted molar refractivity (Wildman–Crippen MR) is 106 cm³/mol. The molecule has 6 nitrogen and oxygen atoms in total. The van der Waals surface area contributed by atoms with E-state index in [1.165, 1.54) is 11.8 Å². The molecule has 138 valence electrons. The van der Waals surface area contributed by atoms with Crippen LogP contribution >= 0.6 is 27.7 Å². The van der Waals surface area contributed by atoms with Gasteiger partial charge in [0.1, 0.15) is 11.6 Å². The van der Waals surface area contributed by atoms with Crippen LogP contribution in [-0.4, -0.2) is 28.3 Å². The van der Waals surface area contributed by atoms with Crippen molar-refractivity contribution in [2.24, 2.45) is 7.05 Å². The molecule has 1 unspecified atom stereocenters. The molecule has 1 amide bonds. The molecule has 0 spiro atoms. The van der Waals surface area contributed by atoms with E-state index < -0.39 is 5.92 Å². The van der Waals surface area contributed by atoms with Crippen molar-refractivity contribution in [3.05, 3.63) is 44.2 Å². The van der Waals surface area contributed by atoms with Gasteiger partial charge in [-0.1, -0.05) is 34.6 Å². The zero-order chi connectivity index (χ0) is 18.8. The average molecular weight is 438 g/mol. The van der Waals surface area contributed by atoms with E-state index in [9.17, 15) is 9.59 Å². The zero-order valence-electron chi connectivity index (χ0n) is 14.8. The molecule has 1 aliphatic heterocycles. The molecule has 2 heterocycles. The Morgan fingerprint density at radius 2 is 2.19 bits per heavy atom. The molecule has 0 saturated carbocycles. The number of nitrogens with one attached hydrogen (secondary N) is 1. The highest BCUT2D eigenvalue weighted by molar-refractivity contribution is 9.10. The van der Waals surface area contributed by atoms with Crippen LogP contribution < -0.4 is 15.6 Å². The van der Waals surface area contributed by atoms with Crippen molar-refractivity contribution in [1.82, 2.24) is 9.55 Å². The standard InChI is InChI=1S/C18H20BrN3O3S/c1-4-7-26-18-21-17(24)15-12(9-14(23)20-16(15)22(18)2)11-8-10(19)5-6-13(11)25-3/h5-6,8,12H,4,7,9H2,1-3H3,(H,20,23). The van der Waals surface area contributed by atoms with E-state index in [4.69, 9.17) is 4.74 Å². The smallest absolute Gasteiger partial charge is 0.279 e. The topological polar surface area (TPSA) is 73.2 Å². The van der Waals surface area contributed by atoms with E-state index in [2.05, 4.69) is 33.2 Å². The van der Waals surface area contributed by atoms with E-state index in [1.54, 1.807) is 11.7 Å². The minimum Gasteiger partial charge on any atom is -0.496 e. The van der Waals surface area contributed by atoms with Gasteiger partial charge in [0.05, 0.1) is 12.7 Å². The van der Waals surface area contributed by atoms with Gasteiger partial charge in [-0.15, -0.1) is 0 Å². The summed E-state index contributed by atoms with van der Waals surface area (Å²) in [7, 11) is 3.40. The molecule has 0 bridgehead atoms. The summed E-state index contributed by atoms with van der Waals surface area (Å²) in [5.41, 5.74) is 0.999. The number of thioether (sulfide) groups is 1. The summed E-state index contributed by atoms with van der Waals surface area (Å²) >= 11 is 4.97. The molecule has 0 aliphatic carbocycles. The minimum atomic E-state index is -0.400. The first-order chi connectivity index (χ1) is 12.5. The van der Waals surface area contributed by atoms with Gasteiger partial charge >= 0.3 is 0 Å². The fourth-order valence-electron chi connectivity index (χ4n) is 3.10. The second-order valence-electron chi connectivity index (χ2n) is 6.06. The Morgan fingerprint density at radius 3 is 2.88 bits per heavy atom. The number of carbonyl (C=O) groups excluding carboxylic acids is 1. The molecule has 26 heavy (non-hydrogen) atoms. The van der Waals surface area contributed by atoms with Crippen molar-refractivity contribution < 1.29 is 9.53 Å². The molecule has 1 N–H and O–H groups in total. The van der Waals surface area contributed by atoms with Gasteiger partial charge in [0.15, 0.2) is 5.16 Å². The van der Waals surface area contributed by atoms with Gasteiger partial charge in [-0.3, -0.25) is 9.59 Å². The quantitative estimate of drug-likeness (QED) is 0.571. The summed E-state index contributed by atoms with van der Waals surface area (Å²) in [4.78, 5) is 29.5. The lowest BCUT2D eigenvalue weighted by Crippen LogP contribution is -2.33. The number of fused-ring (bicyclic) bond motifs is 1. The summed E-state index contributed by atoms with van der Waals surface area (Å²) < 4.78 is 8.12. The fraction of sp³-hybridized carbons (Fsp3) is 0.389. The highest BCUT2D eigenvalue weighted by Crippen LogP contribution is 2.40. The van der Waals surface area contributed by atoms with E-state index in [0.717, 1.165) is 22.2 Å². The Balaban J connectivity index is 2.19. The van der Waals surface area contributed by atoms with Gasteiger partial charge in [0.25, 0.3) is 5.56 Å². The van der Waals surface area contributed by atoms with Gasteiger partial charge < -0.3 is 14.6 Å². The summed E-state index contributed by atoms with van der Waals surface area (Å²) in [6, 6.07) is 5.59. The minimum absolute atomic E-state index is 0.128. The molecule has 0 saturated heterocycles. The van der Waals surface area contributed by atoms with Crippen molar-refractivity contribution in [1.29, 1.82) is 0 Å². The number of carbonyl (C=O) groups is 1. The molecule has 0 radical (unpaired) electrons. The molecule has 3 rings (SSSR count). The maximum absolute atomic E-state index is 12.8. The number of amides is 1. The molecule has 1 aromatic heterocycles. The number of methoxy groups -OCH3 is 1. The monoisotopic (exact) mass is 437 g/mol. The molecule has 1 aromatic carbocycles. The Hall–Kier alpha value is -1.80. The van der Waals surface area contributed by atoms with Crippen LogP contribution in [0.3, 0.4) is 0 Å². The molecule has 1 atom stereocenters. The third-order valence-electron chi connectivity index (χ3n) is 4.30. The van der Waals surface area contributed by atoms with E-state index >= 15 is 0 Å². The lowest BCUT2D eigenvalue weighted by Gasteiger charge is -2.28. The van der Waals surface area contributed by atoms with Crippen LogP contribution in [0.15, 0.2) is 32.6 Å². The number of aromatic nitrogens is 2. The first-order valence-electron chi connectivity index (χ1n) is 8.33. The van der Waals surface area contributed by atoms with Gasteiger partial charge in [-0.2, -0.15) is 4.98 Å². The van der Waals surface area contributed by atoms with Crippen LogP contribution in [0.4, 0.5) is 5.82 Å². The Morgan fingerprint density at radius 1 is 1.42 bits per heavy atom. The predicted octanol–water partition coefficient (Wildman–Crippen LogP) is 3.53. The number of rotatable bonds is 5. The van der Waals surface area contributed by atoms with Crippen molar-refractivity contribution in [2.45, 2.75) is 30.8 Å². The van der Waals surface area contributed by atoms with Gasteiger partial charge in [0.2, 0.25) is 5.91 Å². The molecule has 1 aliphatic rings. The third kappa shape index (κ3) is 3.53. The van der Waals surface area contributed by atoms with Crippen molar-refractivity contribution >= 4 is 39.4 Å². The van der Waals surface area contributed by atoms with Crippen LogP contribution in [0.1, 0.15) is 36.8 Å². The molecule has 0 fully saturated rings. The van der Waals surface area contributed by atoms with E-state index in [1.807, 2.05) is 25.2 Å². The Bertz CT molecular complexity index is 913. The van der Waals surface area contributed by atoms with Crippen LogP contribution in [0, 0.1) is 0 Å². The zero-order valence-corrected chi connectivity index (χ0v) is 17.2.